The van der Waals surface area contributed by atoms with Gasteiger partial charge >= 0.3 is 0 Å². The van der Waals surface area contributed by atoms with Crippen molar-refractivity contribution < 1.29 is 21.8 Å². The Morgan fingerprint density at radius 3 is 1.85 bits per heavy atom. The molecule has 7 nitrogen and oxygen atoms in total. The zero-order chi connectivity index (χ0) is 15.7. The van der Waals surface area contributed by atoms with Crippen LogP contribution in [-0.2, 0) is 18.9 Å². The van der Waals surface area contributed by atoms with Gasteiger partial charge in [-0.15, -0.1) is 0 Å². The van der Waals surface area contributed by atoms with Crippen LogP contribution in [0.15, 0.2) is 17.0 Å². The smallest absolute Gasteiger partial charge is 0.258 e. The second kappa shape index (κ2) is 6.02. The second-order valence-corrected chi connectivity index (χ2v) is 9.31. The highest BCUT2D eigenvalue weighted by Gasteiger charge is 2.26. The van der Waals surface area contributed by atoms with Gasteiger partial charge < -0.3 is 0 Å². The van der Waals surface area contributed by atoms with Crippen molar-refractivity contribution in [2.75, 3.05) is 11.5 Å². The van der Waals surface area contributed by atoms with Gasteiger partial charge in [0.1, 0.15) is 4.90 Å². The zero-order valence-corrected chi connectivity index (χ0v) is 13.3. The molecular weight excluding hydrogens is 377 g/mol. The second-order valence-electron chi connectivity index (χ2n) is 3.56. The molecular formula is C8H6Cl3NO6S2. The van der Waals surface area contributed by atoms with Gasteiger partial charge in [0.25, 0.3) is 5.69 Å². The van der Waals surface area contributed by atoms with E-state index in [-0.39, 0.29) is 0 Å². The Morgan fingerprint density at radius 1 is 1.05 bits per heavy atom. The molecule has 0 atom stereocenters. The van der Waals surface area contributed by atoms with Gasteiger partial charge in [-0.1, -0.05) is 23.2 Å². The number of nitro groups is 1. The Hall–Kier alpha value is -0.610. The number of hydrogen-bond donors (Lipinski definition) is 0. The van der Waals surface area contributed by atoms with Gasteiger partial charge in [0.15, 0.2) is 9.84 Å². The standard InChI is InChI=1S/C8H6Cl3NO6S2/c9-6-3-5(12(13)14)4-7(10)8(6)19(15,16)1-2-20(11,17)18/h3-4H,1-2H2. The van der Waals surface area contributed by atoms with Crippen molar-refractivity contribution >= 4 is 58.5 Å². The summed E-state index contributed by atoms with van der Waals surface area (Å²) in [5, 5.41) is 9.64. The van der Waals surface area contributed by atoms with E-state index in [1.54, 1.807) is 0 Å². The Kier molecular flexibility index (Phi) is 5.25. The van der Waals surface area contributed by atoms with E-state index in [0.29, 0.717) is 0 Å². The maximum absolute atomic E-state index is 11.9. The molecule has 0 aliphatic carbocycles. The van der Waals surface area contributed by atoms with Crippen molar-refractivity contribution in [3.63, 3.8) is 0 Å². The normalized spacial score (nSPS) is 12.3. The van der Waals surface area contributed by atoms with Gasteiger partial charge in [-0.05, 0) is 0 Å². The molecule has 0 radical (unpaired) electrons. The van der Waals surface area contributed by atoms with Crippen molar-refractivity contribution in [1.29, 1.82) is 0 Å². The molecule has 12 heteroatoms. The van der Waals surface area contributed by atoms with E-state index in [9.17, 15) is 26.9 Å². The van der Waals surface area contributed by atoms with Gasteiger partial charge in [0.05, 0.1) is 26.5 Å². The summed E-state index contributed by atoms with van der Waals surface area (Å²) in [5.41, 5.74) is -0.482. The van der Waals surface area contributed by atoms with E-state index in [2.05, 4.69) is 0 Å². The molecule has 20 heavy (non-hydrogen) atoms. The lowest BCUT2D eigenvalue weighted by atomic mass is 10.3. The third-order valence-electron chi connectivity index (χ3n) is 2.10. The largest absolute Gasteiger partial charge is 0.272 e. The number of non-ortho nitro benzene ring substituents is 1. The fourth-order valence-electron chi connectivity index (χ4n) is 1.26. The highest BCUT2D eigenvalue weighted by molar-refractivity contribution is 8.14. The van der Waals surface area contributed by atoms with E-state index >= 15 is 0 Å². The van der Waals surface area contributed by atoms with Gasteiger partial charge in [0, 0.05) is 22.8 Å². The molecule has 0 bridgehead atoms. The Balaban J connectivity index is 3.29. The van der Waals surface area contributed by atoms with Crippen molar-refractivity contribution in [2.45, 2.75) is 4.90 Å². The molecule has 0 aromatic heterocycles. The van der Waals surface area contributed by atoms with Crippen LogP contribution >= 0.6 is 33.9 Å². The maximum Gasteiger partial charge on any atom is 0.272 e. The number of sulfone groups is 1. The van der Waals surface area contributed by atoms with Crippen molar-refractivity contribution in [2.24, 2.45) is 0 Å². The van der Waals surface area contributed by atoms with Crippen LogP contribution in [-0.4, -0.2) is 33.3 Å². The average molecular weight is 383 g/mol. The SMILES string of the molecule is O=[N+]([O-])c1cc(Cl)c(S(=O)(=O)CCS(=O)(=O)Cl)c(Cl)c1. The highest BCUT2D eigenvalue weighted by atomic mass is 35.7. The van der Waals surface area contributed by atoms with E-state index in [4.69, 9.17) is 33.9 Å². The number of nitrogens with zero attached hydrogens (tertiary/aromatic N) is 1. The lowest BCUT2D eigenvalue weighted by Crippen LogP contribution is -2.15. The molecule has 112 valence electrons. The maximum atomic E-state index is 11.9. The molecule has 0 N–H and O–H groups in total. The molecule has 0 amide bonds. The third kappa shape index (κ3) is 4.45. The van der Waals surface area contributed by atoms with E-state index in [0.717, 1.165) is 12.1 Å². The monoisotopic (exact) mass is 381 g/mol. The van der Waals surface area contributed by atoms with Crippen LogP contribution in [0.2, 0.25) is 10.0 Å². The topological polar surface area (TPSA) is 111 Å². The van der Waals surface area contributed by atoms with Gasteiger partial charge in [-0.25, -0.2) is 16.8 Å². The number of hydrogen-bond acceptors (Lipinski definition) is 6. The molecule has 1 aromatic carbocycles. The van der Waals surface area contributed by atoms with Crippen LogP contribution in [0.25, 0.3) is 0 Å². The van der Waals surface area contributed by atoms with Crippen LogP contribution in [0, 0.1) is 10.1 Å². The average Bonchev–Trinajstić information content (AvgIpc) is 2.24. The van der Waals surface area contributed by atoms with Crippen LogP contribution < -0.4 is 0 Å². The number of benzene rings is 1. The first-order chi connectivity index (χ1) is 8.94. The summed E-state index contributed by atoms with van der Waals surface area (Å²) in [5.74, 6) is -1.67. The fourth-order valence-corrected chi connectivity index (χ4v) is 5.60. The number of rotatable bonds is 5. The van der Waals surface area contributed by atoms with E-state index < -0.39 is 55.9 Å². The van der Waals surface area contributed by atoms with Crippen molar-refractivity contribution in [3.05, 3.63) is 32.3 Å². The molecule has 0 saturated heterocycles. The van der Waals surface area contributed by atoms with Crippen LogP contribution in [0.4, 0.5) is 5.69 Å². The fraction of sp³-hybridized carbons (Fsp3) is 0.250. The van der Waals surface area contributed by atoms with Crippen LogP contribution in [0.3, 0.4) is 0 Å². The van der Waals surface area contributed by atoms with Crippen molar-refractivity contribution in [3.8, 4) is 0 Å². The Morgan fingerprint density at radius 2 is 1.50 bits per heavy atom. The number of halogens is 3. The minimum absolute atomic E-state index is 0.462. The zero-order valence-electron chi connectivity index (χ0n) is 9.42. The molecule has 0 aliphatic rings. The molecule has 0 spiro atoms. The predicted molar refractivity (Wildman–Crippen MR) is 74.8 cm³/mol. The molecule has 0 heterocycles. The predicted octanol–water partition coefficient (Wildman–Crippen LogP) is 2.24. The molecule has 0 aliphatic heterocycles. The van der Waals surface area contributed by atoms with Crippen molar-refractivity contribution in [1.82, 2.24) is 0 Å². The van der Waals surface area contributed by atoms with E-state index in [1.807, 2.05) is 0 Å². The summed E-state index contributed by atoms with van der Waals surface area (Å²) >= 11 is 11.3. The first-order valence-corrected chi connectivity index (χ1v) is 9.61. The van der Waals surface area contributed by atoms with Gasteiger partial charge in [0.2, 0.25) is 9.05 Å². The minimum atomic E-state index is -4.15. The summed E-state index contributed by atoms with van der Waals surface area (Å²) in [6.45, 7) is 0. The molecule has 0 unspecified atom stereocenters. The highest BCUT2D eigenvalue weighted by Crippen LogP contribution is 2.34. The molecule has 0 saturated carbocycles. The Bertz CT molecular complexity index is 735. The summed E-state index contributed by atoms with van der Waals surface area (Å²) in [6, 6.07) is 1.63. The van der Waals surface area contributed by atoms with Gasteiger partial charge in [-0.3, -0.25) is 10.1 Å². The summed E-state index contributed by atoms with van der Waals surface area (Å²) in [4.78, 5) is 9.21. The van der Waals surface area contributed by atoms with Gasteiger partial charge in [-0.2, -0.15) is 0 Å². The third-order valence-corrected chi connectivity index (χ3v) is 6.14. The lowest BCUT2D eigenvalue weighted by Gasteiger charge is -2.07. The summed E-state index contributed by atoms with van der Waals surface area (Å²) in [6.07, 6.45) is 0. The minimum Gasteiger partial charge on any atom is -0.258 e. The Labute approximate surface area is 128 Å². The first-order valence-electron chi connectivity index (χ1n) is 4.72. The lowest BCUT2D eigenvalue weighted by molar-refractivity contribution is -0.384. The first kappa shape index (κ1) is 17.4. The number of nitro benzene ring substituents is 1. The van der Waals surface area contributed by atoms with Crippen LogP contribution in [0.5, 0.6) is 0 Å². The quantitative estimate of drug-likeness (QED) is 0.438. The van der Waals surface area contributed by atoms with E-state index in [1.165, 1.54) is 0 Å². The van der Waals surface area contributed by atoms with Crippen LogP contribution in [0.1, 0.15) is 0 Å². The summed E-state index contributed by atoms with van der Waals surface area (Å²) < 4.78 is 45.4. The molecule has 1 rings (SSSR count). The molecule has 1 aromatic rings. The summed E-state index contributed by atoms with van der Waals surface area (Å²) in [7, 11) is -3.24. The molecule has 0 fully saturated rings.